The Labute approximate surface area is 204 Å². The number of carboxylic acid groups (broad SMARTS) is 2. The second-order valence-electron chi connectivity index (χ2n) is 6.81. The number of anilines is 1. The van der Waals surface area contributed by atoms with Crippen LogP contribution in [-0.4, -0.2) is 75.9 Å². The van der Waals surface area contributed by atoms with Crippen LogP contribution in [0.3, 0.4) is 0 Å². The van der Waals surface area contributed by atoms with Gasteiger partial charge in [-0.25, -0.2) is 9.78 Å². The molecule has 2 amide bonds. The molecule has 0 spiro atoms. The Hall–Kier alpha value is -3.22. The van der Waals surface area contributed by atoms with E-state index < -0.39 is 11.9 Å². The van der Waals surface area contributed by atoms with Gasteiger partial charge in [0.05, 0.1) is 29.9 Å². The second kappa shape index (κ2) is 14.1. The third-order valence-electron chi connectivity index (χ3n) is 4.23. The van der Waals surface area contributed by atoms with E-state index in [1.807, 2.05) is 18.2 Å². The van der Waals surface area contributed by atoms with Crippen molar-refractivity contribution < 1.29 is 34.1 Å². The minimum absolute atomic E-state index is 0.0313. The van der Waals surface area contributed by atoms with Crippen molar-refractivity contribution in [2.75, 3.05) is 37.4 Å². The molecule has 2 aromatic rings. The van der Waals surface area contributed by atoms with Gasteiger partial charge >= 0.3 is 11.9 Å². The molecule has 0 atom stereocenters. The highest BCUT2D eigenvalue weighted by Gasteiger charge is 2.14. The SMILES string of the molecule is C=CCSc1nc2ccc(NC(=O)CCC(=O)O)cc2s1.O=C(O)C=CC(=O)N1CCOCC1. The predicted octanol–water partition coefficient (Wildman–Crippen LogP) is 2.86. The van der Waals surface area contributed by atoms with Crippen LogP contribution in [0.2, 0.25) is 0 Å². The molecule has 0 radical (unpaired) electrons. The Kier molecular flexibility index (Phi) is 11.2. The highest BCUT2D eigenvalue weighted by molar-refractivity contribution is 8.01. The van der Waals surface area contributed by atoms with Crippen molar-refractivity contribution in [1.29, 1.82) is 0 Å². The molecule has 1 aromatic heterocycles. The van der Waals surface area contributed by atoms with E-state index in [9.17, 15) is 19.2 Å². The predicted molar refractivity (Wildman–Crippen MR) is 130 cm³/mol. The number of morpholine rings is 1. The van der Waals surface area contributed by atoms with Crippen LogP contribution in [0, 0.1) is 0 Å². The van der Waals surface area contributed by atoms with Gasteiger partial charge in [0.1, 0.15) is 0 Å². The fraction of sp³-hybridized carbons (Fsp3) is 0.318. The number of nitrogens with zero attached hydrogens (tertiary/aromatic N) is 2. The Bertz CT molecular complexity index is 1060. The molecule has 1 aromatic carbocycles. The Morgan fingerprint density at radius 2 is 1.91 bits per heavy atom. The van der Waals surface area contributed by atoms with Crippen molar-refractivity contribution in [2.24, 2.45) is 0 Å². The number of nitrogens with one attached hydrogen (secondary N) is 1. The van der Waals surface area contributed by atoms with Gasteiger partial charge in [-0.3, -0.25) is 14.4 Å². The third-order valence-corrected chi connectivity index (χ3v) is 6.39. The fourth-order valence-electron chi connectivity index (χ4n) is 2.65. The van der Waals surface area contributed by atoms with E-state index in [0.29, 0.717) is 32.0 Å². The number of carbonyl (C=O) groups excluding carboxylic acids is 2. The second-order valence-corrected chi connectivity index (χ2v) is 9.11. The number of fused-ring (bicyclic) bond motifs is 1. The van der Waals surface area contributed by atoms with Crippen LogP contribution in [0.25, 0.3) is 10.2 Å². The molecule has 182 valence electrons. The lowest BCUT2D eigenvalue weighted by Gasteiger charge is -2.25. The summed E-state index contributed by atoms with van der Waals surface area (Å²) < 4.78 is 6.98. The van der Waals surface area contributed by atoms with Crippen LogP contribution in [0.15, 0.2) is 47.3 Å². The van der Waals surface area contributed by atoms with E-state index in [1.54, 1.807) is 34.1 Å². The maximum Gasteiger partial charge on any atom is 0.328 e. The van der Waals surface area contributed by atoms with E-state index in [2.05, 4.69) is 16.9 Å². The van der Waals surface area contributed by atoms with E-state index in [0.717, 1.165) is 32.5 Å². The number of hydrogen-bond acceptors (Lipinski definition) is 8. The molecule has 1 aliphatic rings. The molecule has 34 heavy (non-hydrogen) atoms. The number of thioether (sulfide) groups is 1. The molecular formula is C22H25N3O7S2. The molecule has 10 nitrogen and oxygen atoms in total. The average molecular weight is 508 g/mol. The topological polar surface area (TPSA) is 146 Å². The van der Waals surface area contributed by atoms with Crippen LogP contribution in [0.5, 0.6) is 0 Å². The van der Waals surface area contributed by atoms with Crippen molar-refractivity contribution in [1.82, 2.24) is 9.88 Å². The molecule has 0 saturated carbocycles. The van der Waals surface area contributed by atoms with Crippen molar-refractivity contribution in [2.45, 2.75) is 17.2 Å². The lowest BCUT2D eigenvalue weighted by atomic mass is 10.2. The molecule has 0 aliphatic carbocycles. The van der Waals surface area contributed by atoms with Crippen LogP contribution < -0.4 is 5.32 Å². The number of ether oxygens (including phenoxy) is 1. The molecule has 2 heterocycles. The summed E-state index contributed by atoms with van der Waals surface area (Å²) in [5, 5.41) is 19.5. The van der Waals surface area contributed by atoms with Crippen LogP contribution >= 0.6 is 23.1 Å². The van der Waals surface area contributed by atoms with Crippen molar-refractivity contribution in [3.63, 3.8) is 0 Å². The molecule has 12 heteroatoms. The van der Waals surface area contributed by atoms with Gasteiger partial charge in [-0.15, -0.1) is 17.9 Å². The monoisotopic (exact) mass is 507 g/mol. The number of rotatable bonds is 9. The molecule has 1 fully saturated rings. The Morgan fingerprint density at radius 3 is 2.56 bits per heavy atom. The summed E-state index contributed by atoms with van der Waals surface area (Å²) in [4.78, 5) is 49.4. The van der Waals surface area contributed by atoms with Gasteiger partial charge < -0.3 is 25.2 Å². The Balaban J connectivity index is 0.000000270. The molecule has 1 aliphatic heterocycles. The summed E-state index contributed by atoms with van der Waals surface area (Å²) in [6.45, 7) is 5.78. The fourth-order valence-corrected chi connectivity index (χ4v) is 4.52. The van der Waals surface area contributed by atoms with Gasteiger partial charge in [0, 0.05) is 43.1 Å². The summed E-state index contributed by atoms with van der Waals surface area (Å²) in [6, 6.07) is 5.46. The quantitative estimate of drug-likeness (QED) is 0.265. The van der Waals surface area contributed by atoms with E-state index >= 15 is 0 Å². The molecule has 3 rings (SSSR count). The zero-order chi connectivity index (χ0) is 24.9. The molecule has 3 N–H and O–H groups in total. The smallest absolute Gasteiger partial charge is 0.328 e. The first-order chi connectivity index (χ1) is 16.3. The highest BCUT2D eigenvalue weighted by atomic mass is 32.2. The van der Waals surface area contributed by atoms with Gasteiger partial charge in [-0.05, 0) is 18.2 Å². The lowest BCUT2D eigenvalue weighted by Crippen LogP contribution is -2.39. The van der Waals surface area contributed by atoms with Crippen molar-refractivity contribution in [3.8, 4) is 0 Å². The van der Waals surface area contributed by atoms with E-state index in [4.69, 9.17) is 14.9 Å². The Morgan fingerprint density at radius 1 is 1.18 bits per heavy atom. The molecule has 1 saturated heterocycles. The normalized spacial score (nSPS) is 13.2. The minimum Gasteiger partial charge on any atom is -0.481 e. The van der Waals surface area contributed by atoms with Gasteiger partial charge in [0.25, 0.3) is 0 Å². The first-order valence-electron chi connectivity index (χ1n) is 10.2. The number of aromatic nitrogens is 1. The summed E-state index contributed by atoms with van der Waals surface area (Å²) in [5.74, 6) is -1.86. The van der Waals surface area contributed by atoms with E-state index in [1.165, 1.54) is 0 Å². The van der Waals surface area contributed by atoms with Crippen LogP contribution in [0.1, 0.15) is 12.8 Å². The van der Waals surface area contributed by atoms with Gasteiger partial charge in [0.2, 0.25) is 11.8 Å². The third kappa shape index (κ3) is 9.73. The average Bonchev–Trinajstić information content (AvgIpc) is 3.23. The van der Waals surface area contributed by atoms with Crippen LogP contribution in [0.4, 0.5) is 5.69 Å². The summed E-state index contributed by atoms with van der Waals surface area (Å²) in [6.07, 6.45) is 3.53. The standard InChI is InChI=1S/C14H14N2O3S2.C8H11NO4/c1-2-7-20-14-16-10-4-3-9(8-11(10)21-14)15-12(17)5-6-13(18)19;10-7(1-2-8(11)12)9-3-5-13-6-4-9/h2-4,8H,1,5-7H2,(H,15,17)(H,18,19);1-2H,3-6H2,(H,11,12). The lowest BCUT2D eigenvalue weighted by molar-refractivity contribution is -0.138. The highest BCUT2D eigenvalue weighted by Crippen LogP contribution is 2.31. The summed E-state index contributed by atoms with van der Waals surface area (Å²) in [5.41, 5.74) is 1.54. The molecule has 0 bridgehead atoms. The van der Waals surface area contributed by atoms with Crippen molar-refractivity contribution >= 4 is 62.8 Å². The molecule has 0 unspecified atom stereocenters. The number of benzene rings is 1. The van der Waals surface area contributed by atoms with Gasteiger partial charge in [0.15, 0.2) is 4.34 Å². The van der Waals surface area contributed by atoms with Crippen LogP contribution in [-0.2, 0) is 23.9 Å². The minimum atomic E-state index is -1.11. The number of aliphatic carboxylic acids is 2. The van der Waals surface area contributed by atoms with E-state index in [-0.39, 0.29) is 24.7 Å². The number of carbonyl (C=O) groups is 4. The summed E-state index contributed by atoms with van der Waals surface area (Å²) >= 11 is 3.17. The zero-order valence-corrected chi connectivity index (χ0v) is 19.9. The maximum absolute atomic E-state index is 11.6. The summed E-state index contributed by atoms with van der Waals surface area (Å²) in [7, 11) is 0. The van der Waals surface area contributed by atoms with Gasteiger partial charge in [-0.1, -0.05) is 17.8 Å². The van der Waals surface area contributed by atoms with Gasteiger partial charge in [-0.2, -0.15) is 0 Å². The first-order valence-corrected chi connectivity index (χ1v) is 12.0. The van der Waals surface area contributed by atoms with Crippen molar-refractivity contribution in [3.05, 3.63) is 43.0 Å². The number of hydrogen-bond donors (Lipinski definition) is 3. The number of amides is 2. The largest absolute Gasteiger partial charge is 0.481 e. The maximum atomic E-state index is 11.6. The number of carboxylic acids is 2. The number of thiazole rings is 1. The zero-order valence-electron chi connectivity index (χ0n) is 18.3. The molecular weight excluding hydrogens is 482 g/mol. The first kappa shape index (κ1) is 27.0.